The minimum Gasteiger partial charge on any atom is -0.370 e. The van der Waals surface area contributed by atoms with Crippen molar-refractivity contribution in [2.75, 3.05) is 6.61 Å². The second-order valence-electron chi connectivity index (χ2n) is 7.20. The van der Waals surface area contributed by atoms with E-state index < -0.39 is 0 Å². The van der Waals surface area contributed by atoms with Crippen molar-refractivity contribution in [1.82, 2.24) is 0 Å². The molecule has 9 heteroatoms. The van der Waals surface area contributed by atoms with E-state index in [9.17, 15) is 0 Å². The Labute approximate surface area is 155 Å². The van der Waals surface area contributed by atoms with Gasteiger partial charge in [-0.2, -0.15) is 0 Å². The maximum atomic E-state index is 6.21. The summed E-state index contributed by atoms with van der Waals surface area (Å²) in [6.07, 6.45) is 6.12. The Morgan fingerprint density at radius 1 is 1.17 bits per heavy atom. The fourth-order valence-corrected chi connectivity index (χ4v) is 35.6. The van der Waals surface area contributed by atoms with Crippen molar-refractivity contribution in [3.05, 3.63) is 12.2 Å². The zero-order valence-corrected chi connectivity index (χ0v) is 21.9. The van der Waals surface area contributed by atoms with Crippen molar-refractivity contribution >= 4 is 57.2 Å². The molecular formula is C14H33O2P7. The van der Waals surface area contributed by atoms with Crippen LogP contribution < -0.4 is 0 Å². The lowest BCUT2D eigenvalue weighted by Gasteiger charge is -2.24. The van der Waals surface area contributed by atoms with Crippen molar-refractivity contribution in [2.45, 2.75) is 65.1 Å². The molecule has 1 heterocycles. The number of hydrogen-bond donors (Lipinski definition) is 0. The van der Waals surface area contributed by atoms with Crippen LogP contribution in [0.15, 0.2) is 12.2 Å². The van der Waals surface area contributed by atoms with Crippen molar-refractivity contribution in [2.24, 2.45) is 5.41 Å². The Hall–Kier alpha value is 2.67. The highest BCUT2D eigenvalue weighted by atomic mass is 33.0. The first kappa shape index (κ1) is 23.7. The molecule has 0 amide bonds. The van der Waals surface area contributed by atoms with Crippen molar-refractivity contribution in [3.63, 3.8) is 0 Å². The Morgan fingerprint density at radius 2 is 1.78 bits per heavy atom. The molecule has 136 valence electrons. The fourth-order valence-electron chi connectivity index (χ4n) is 2.52. The minimum atomic E-state index is -0.316. The van der Waals surface area contributed by atoms with Gasteiger partial charge in [-0.25, -0.2) is 0 Å². The molecule has 2 nitrogen and oxygen atoms in total. The molecule has 1 rings (SSSR count). The van der Waals surface area contributed by atoms with Crippen LogP contribution in [-0.2, 0) is 9.26 Å². The summed E-state index contributed by atoms with van der Waals surface area (Å²) in [6, 6.07) is 0. The Kier molecular flexibility index (Phi) is 11.9. The molecule has 0 spiro atoms. The lowest BCUT2D eigenvalue weighted by atomic mass is 9.88. The van der Waals surface area contributed by atoms with Crippen LogP contribution in [0.4, 0.5) is 0 Å². The van der Waals surface area contributed by atoms with Crippen LogP contribution in [0.1, 0.15) is 52.9 Å². The van der Waals surface area contributed by atoms with E-state index in [1.165, 1.54) is 12.0 Å². The molecule has 0 bridgehead atoms. The van der Waals surface area contributed by atoms with Gasteiger partial charge in [0.15, 0.2) is 0 Å². The molecule has 1 aliphatic heterocycles. The van der Waals surface area contributed by atoms with E-state index in [4.69, 9.17) is 9.26 Å². The normalized spacial score (nSPS) is 22.8. The minimum absolute atomic E-state index is 0.143. The summed E-state index contributed by atoms with van der Waals surface area (Å²) in [7, 11) is 11.3. The summed E-state index contributed by atoms with van der Waals surface area (Å²) >= 11 is 0. The van der Waals surface area contributed by atoms with Crippen LogP contribution in [0.2, 0.25) is 0 Å². The van der Waals surface area contributed by atoms with Gasteiger partial charge in [-0.15, -0.1) is 35.7 Å². The van der Waals surface area contributed by atoms with E-state index in [1.54, 1.807) is 0 Å². The predicted octanol–water partition coefficient (Wildman–Crippen LogP) is 7.67. The first-order valence-corrected chi connectivity index (χ1v) is 19.8. The number of hydrogen-bond acceptors (Lipinski definition) is 2. The molecule has 0 aromatic heterocycles. The van der Waals surface area contributed by atoms with Gasteiger partial charge in [0.25, 0.3) is 0 Å². The lowest BCUT2D eigenvalue weighted by molar-refractivity contribution is 0.0350. The highest BCUT2D eigenvalue weighted by Crippen LogP contribution is 2.97. The number of rotatable bonds is 9. The SMILES string of the molecule is C=C1C[C@H](CCCOP(P(P)P)P(P)P)O[C@H]1CCC(C)(C)C. The molecule has 0 aliphatic carbocycles. The maximum absolute atomic E-state index is 6.21. The average molecular weight is 450 g/mol. The van der Waals surface area contributed by atoms with Crippen LogP contribution in [0, 0.1) is 5.41 Å². The summed E-state index contributed by atoms with van der Waals surface area (Å²) < 4.78 is 12.3. The van der Waals surface area contributed by atoms with Crippen molar-refractivity contribution in [1.29, 1.82) is 0 Å². The summed E-state index contributed by atoms with van der Waals surface area (Å²) in [5.74, 6) is 0. The Morgan fingerprint density at radius 3 is 2.30 bits per heavy atom. The van der Waals surface area contributed by atoms with Gasteiger partial charge in [0.05, 0.1) is 26.3 Å². The maximum Gasteiger partial charge on any atom is 0.0921 e. The first-order valence-electron chi connectivity index (χ1n) is 7.95. The van der Waals surface area contributed by atoms with Crippen LogP contribution in [0.25, 0.3) is 0 Å². The van der Waals surface area contributed by atoms with Gasteiger partial charge >= 0.3 is 0 Å². The van der Waals surface area contributed by atoms with Gasteiger partial charge in [-0.3, -0.25) is 0 Å². The zero-order chi connectivity index (χ0) is 17.6. The largest absolute Gasteiger partial charge is 0.370 e. The van der Waals surface area contributed by atoms with Gasteiger partial charge in [0.1, 0.15) is 0 Å². The third kappa shape index (κ3) is 9.96. The molecule has 23 heavy (non-hydrogen) atoms. The van der Waals surface area contributed by atoms with E-state index in [0.29, 0.717) is 11.5 Å². The number of ether oxygens (including phenoxy) is 1. The molecule has 4 unspecified atom stereocenters. The lowest BCUT2D eigenvalue weighted by Crippen LogP contribution is -2.15. The van der Waals surface area contributed by atoms with Crippen molar-refractivity contribution in [3.8, 4) is 0 Å². The van der Waals surface area contributed by atoms with Crippen LogP contribution in [0.3, 0.4) is 0 Å². The van der Waals surface area contributed by atoms with Gasteiger partial charge in [0.2, 0.25) is 0 Å². The topological polar surface area (TPSA) is 18.5 Å². The third-order valence-corrected chi connectivity index (χ3v) is 26.3. The Bertz CT molecular complexity index is 363. The van der Waals surface area contributed by atoms with E-state index >= 15 is 0 Å². The smallest absolute Gasteiger partial charge is 0.0921 e. The molecule has 0 saturated carbocycles. The van der Waals surface area contributed by atoms with Crippen molar-refractivity contribution < 1.29 is 9.26 Å². The van der Waals surface area contributed by atoms with E-state index in [2.05, 4.69) is 63.1 Å². The molecule has 6 atom stereocenters. The summed E-state index contributed by atoms with van der Waals surface area (Å²) in [5, 5.41) is 0. The molecule has 0 aromatic carbocycles. The van der Waals surface area contributed by atoms with E-state index in [0.717, 1.165) is 32.3 Å². The summed E-state index contributed by atoms with van der Waals surface area (Å²) in [6.45, 7) is 11.7. The van der Waals surface area contributed by atoms with Crippen LogP contribution in [0.5, 0.6) is 0 Å². The van der Waals surface area contributed by atoms with E-state index in [-0.39, 0.29) is 27.6 Å². The van der Waals surface area contributed by atoms with Gasteiger partial charge in [-0.1, -0.05) is 27.4 Å². The monoisotopic (exact) mass is 450 g/mol. The molecule has 0 N–H and O–H groups in total. The zero-order valence-electron chi connectivity index (χ0n) is 14.6. The van der Waals surface area contributed by atoms with Crippen LogP contribution >= 0.6 is 57.2 Å². The van der Waals surface area contributed by atoms with Gasteiger partial charge in [0, 0.05) is 0 Å². The second-order valence-corrected chi connectivity index (χ2v) is 30.8. The van der Waals surface area contributed by atoms with Crippen LogP contribution in [-0.4, -0.2) is 18.8 Å². The van der Waals surface area contributed by atoms with E-state index in [1.807, 2.05) is 0 Å². The summed E-state index contributed by atoms with van der Waals surface area (Å²) in [5.41, 5.74) is 1.66. The highest BCUT2D eigenvalue weighted by molar-refractivity contribution is 8.96. The summed E-state index contributed by atoms with van der Waals surface area (Å²) in [4.78, 5) is 0. The average Bonchev–Trinajstić information content (AvgIpc) is 2.75. The fraction of sp³-hybridized carbons (Fsp3) is 0.857. The van der Waals surface area contributed by atoms with Gasteiger partial charge in [-0.05, 0) is 57.1 Å². The highest BCUT2D eigenvalue weighted by Gasteiger charge is 2.29. The molecule has 1 saturated heterocycles. The molecule has 0 radical (unpaired) electrons. The quantitative estimate of drug-likeness (QED) is 0.204. The standard InChI is InChI=1S/C14H33O2P7/c1-11-10-12(16-13(11)7-8-14(2,3)4)6-5-9-15-21(22(17)18)23(19)20/h12-13H,1,5-10,17-20H2,2-4H3/t12-,13-/m0/s1. The molecular weight excluding hydrogens is 417 g/mol. The second kappa shape index (κ2) is 11.5. The molecule has 1 fully saturated rings. The third-order valence-electron chi connectivity index (χ3n) is 3.73. The van der Waals surface area contributed by atoms with Gasteiger partial charge < -0.3 is 9.26 Å². The molecule has 0 aromatic rings. The molecule has 1 aliphatic rings. The Balaban J connectivity index is 2.25. The first-order chi connectivity index (χ1) is 10.6. The predicted molar refractivity (Wildman–Crippen MR) is 126 cm³/mol.